The van der Waals surface area contributed by atoms with Crippen LogP contribution in [0.3, 0.4) is 0 Å². The summed E-state index contributed by atoms with van der Waals surface area (Å²) in [6.07, 6.45) is 1.16. The first kappa shape index (κ1) is 14.5. The van der Waals surface area contributed by atoms with E-state index in [-0.39, 0.29) is 17.2 Å². The zero-order valence-corrected chi connectivity index (χ0v) is 11.6. The monoisotopic (exact) mass is 286 g/mol. The van der Waals surface area contributed by atoms with Gasteiger partial charge in [0.05, 0.1) is 18.4 Å². The van der Waals surface area contributed by atoms with Crippen molar-refractivity contribution < 1.29 is 19.4 Å². The first-order valence-electron chi connectivity index (χ1n) is 6.15. The highest BCUT2D eigenvalue weighted by Gasteiger charge is 2.18. The van der Waals surface area contributed by atoms with E-state index in [2.05, 4.69) is 4.98 Å². The van der Waals surface area contributed by atoms with Crippen molar-refractivity contribution in [2.45, 2.75) is 0 Å². The van der Waals surface area contributed by atoms with Crippen molar-refractivity contribution in [2.24, 2.45) is 0 Å². The van der Waals surface area contributed by atoms with Crippen molar-refractivity contribution in [2.75, 3.05) is 19.1 Å². The average Bonchev–Trinajstić information content (AvgIpc) is 2.53. The van der Waals surface area contributed by atoms with Crippen LogP contribution in [0, 0.1) is 0 Å². The fourth-order valence-electron chi connectivity index (χ4n) is 1.83. The Bertz CT molecular complexity index is 668. The van der Waals surface area contributed by atoms with E-state index >= 15 is 0 Å². The molecule has 0 saturated carbocycles. The molecule has 0 aliphatic rings. The molecule has 6 heteroatoms. The van der Waals surface area contributed by atoms with Gasteiger partial charge in [-0.1, -0.05) is 12.1 Å². The summed E-state index contributed by atoms with van der Waals surface area (Å²) in [4.78, 5) is 28.4. The minimum Gasteiger partial charge on any atom is -0.495 e. The lowest BCUT2D eigenvalue weighted by Crippen LogP contribution is -2.27. The van der Waals surface area contributed by atoms with Gasteiger partial charge in [0.15, 0.2) is 0 Å². The number of amides is 1. The Morgan fingerprint density at radius 2 is 1.90 bits per heavy atom. The summed E-state index contributed by atoms with van der Waals surface area (Å²) in [5, 5.41) is 8.82. The minimum atomic E-state index is -1.08. The van der Waals surface area contributed by atoms with Crippen LogP contribution in [0.25, 0.3) is 0 Å². The Hall–Kier alpha value is -2.89. The van der Waals surface area contributed by atoms with Crippen molar-refractivity contribution in [3.05, 3.63) is 53.9 Å². The number of carbonyl (C=O) groups excluding carboxylic acids is 1. The zero-order valence-electron chi connectivity index (χ0n) is 11.6. The van der Waals surface area contributed by atoms with Gasteiger partial charge in [-0.15, -0.1) is 0 Å². The zero-order chi connectivity index (χ0) is 15.4. The van der Waals surface area contributed by atoms with E-state index in [9.17, 15) is 9.59 Å². The fourth-order valence-corrected chi connectivity index (χ4v) is 1.83. The molecular formula is C15H14N2O4. The molecule has 6 nitrogen and oxygen atoms in total. The van der Waals surface area contributed by atoms with Gasteiger partial charge in [-0.3, -0.25) is 9.78 Å². The van der Waals surface area contributed by atoms with Crippen LogP contribution in [0.4, 0.5) is 5.69 Å². The largest absolute Gasteiger partial charge is 0.495 e. The Kier molecular flexibility index (Phi) is 4.18. The fraction of sp³-hybridized carbons (Fsp3) is 0.133. The summed E-state index contributed by atoms with van der Waals surface area (Å²) in [6, 6.07) is 9.84. The highest BCUT2D eigenvalue weighted by atomic mass is 16.5. The third-order valence-electron chi connectivity index (χ3n) is 2.98. The summed E-state index contributed by atoms with van der Waals surface area (Å²) in [5.74, 6) is -0.869. The second-order valence-corrected chi connectivity index (χ2v) is 4.27. The standard InChI is InChI=1S/C15H14N2O4/c1-17(12-5-3-4-6-13(12)21-2)14(18)11-8-7-10(9-16-11)15(19)20/h3-9H,1-2H3,(H,19,20). The molecule has 0 aliphatic heterocycles. The molecule has 0 radical (unpaired) electrons. The molecule has 0 atom stereocenters. The molecule has 21 heavy (non-hydrogen) atoms. The van der Waals surface area contributed by atoms with E-state index < -0.39 is 5.97 Å². The number of hydrogen-bond acceptors (Lipinski definition) is 4. The first-order valence-corrected chi connectivity index (χ1v) is 6.15. The lowest BCUT2D eigenvalue weighted by atomic mass is 10.2. The number of para-hydroxylation sites is 2. The first-order chi connectivity index (χ1) is 10.0. The van der Waals surface area contributed by atoms with Crippen molar-refractivity contribution >= 4 is 17.6 Å². The van der Waals surface area contributed by atoms with Gasteiger partial charge in [0.2, 0.25) is 0 Å². The number of benzene rings is 1. The second kappa shape index (κ2) is 6.04. The summed E-state index contributed by atoms with van der Waals surface area (Å²) >= 11 is 0. The SMILES string of the molecule is COc1ccccc1N(C)C(=O)c1ccc(C(=O)O)cn1. The molecule has 2 rings (SSSR count). The number of carboxylic acids is 1. The smallest absolute Gasteiger partial charge is 0.337 e. The molecule has 0 fully saturated rings. The van der Waals surface area contributed by atoms with E-state index in [1.165, 1.54) is 24.1 Å². The topological polar surface area (TPSA) is 79.7 Å². The van der Waals surface area contributed by atoms with Crippen LogP contribution in [0.2, 0.25) is 0 Å². The van der Waals surface area contributed by atoms with Crippen LogP contribution in [0.5, 0.6) is 5.75 Å². The maximum absolute atomic E-state index is 12.4. The van der Waals surface area contributed by atoms with Crippen molar-refractivity contribution in [3.8, 4) is 5.75 Å². The number of hydrogen-bond donors (Lipinski definition) is 1. The van der Waals surface area contributed by atoms with Gasteiger partial charge in [-0.25, -0.2) is 4.79 Å². The Labute approximate surface area is 121 Å². The minimum absolute atomic E-state index is 0.0338. The number of carboxylic acid groups (broad SMARTS) is 1. The molecule has 1 heterocycles. The molecule has 0 saturated heterocycles. The van der Waals surface area contributed by atoms with Crippen LogP contribution >= 0.6 is 0 Å². The molecule has 2 aromatic rings. The van der Waals surface area contributed by atoms with Gasteiger partial charge >= 0.3 is 5.97 Å². The van der Waals surface area contributed by atoms with Gasteiger partial charge in [-0.2, -0.15) is 0 Å². The Morgan fingerprint density at radius 1 is 1.19 bits per heavy atom. The molecule has 0 unspecified atom stereocenters. The number of rotatable bonds is 4. The van der Waals surface area contributed by atoms with E-state index in [4.69, 9.17) is 9.84 Å². The summed E-state index contributed by atoms with van der Waals surface area (Å²) < 4.78 is 5.21. The van der Waals surface area contributed by atoms with Crippen LogP contribution in [-0.2, 0) is 0 Å². The second-order valence-electron chi connectivity index (χ2n) is 4.27. The van der Waals surface area contributed by atoms with Crippen molar-refractivity contribution in [1.29, 1.82) is 0 Å². The van der Waals surface area contributed by atoms with E-state index in [1.807, 2.05) is 0 Å². The number of methoxy groups -OCH3 is 1. The van der Waals surface area contributed by atoms with Crippen molar-refractivity contribution in [1.82, 2.24) is 4.98 Å². The highest BCUT2D eigenvalue weighted by Crippen LogP contribution is 2.27. The van der Waals surface area contributed by atoms with Crippen molar-refractivity contribution in [3.63, 3.8) is 0 Å². The van der Waals surface area contributed by atoms with Gasteiger partial charge in [0.25, 0.3) is 5.91 Å². The number of anilines is 1. The highest BCUT2D eigenvalue weighted by molar-refractivity contribution is 6.05. The quantitative estimate of drug-likeness (QED) is 0.930. The number of carbonyl (C=O) groups is 2. The molecule has 0 spiro atoms. The average molecular weight is 286 g/mol. The molecule has 1 N–H and O–H groups in total. The van der Waals surface area contributed by atoms with Gasteiger partial charge < -0.3 is 14.7 Å². The predicted molar refractivity (Wildman–Crippen MR) is 76.9 cm³/mol. The lowest BCUT2D eigenvalue weighted by molar-refractivity contribution is 0.0695. The van der Waals surface area contributed by atoms with Crippen LogP contribution in [-0.4, -0.2) is 36.1 Å². The Morgan fingerprint density at radius 3 is 2.48 bits per heavy atom. The summed E-state index contributed by atoms with van der Waals surface area (Å²) in [7, 11) is 3.13. The van der Waals surface area contributed by atoms with Crippen LogP contribution < -0.4 is 9.64 Å². The third kappa shape index (κ3) is 3.00. The normalized spacial score (nSPS) is 10.0. The molecule has 0 aliphatic carbocycles. The summed E-state index contributed by atoms with van der Waals surface area (Å²) in [5.41, 5.74) is 0.800. The van der Waals surface area contributed by atoms with Crippen LogP contribution in [0.1, 0.15) is 20.8 Å². The van der Waals surface area contributed by atoms with E-state index in [1.54, 1.807) is 31.3 Å². The molecular weight excluding hydrogens is 272 g/mol. The molecule has 108 valence electrons. The number of aromatic nitrogens is 1. The van der Waals surface area contributed by atoms with E-state index in [0.29, 0.717) is 11.4 Å². The molecule has 1 amide bonds. The van der Waals surface area contributed by atoms with E-state index in [0.717, 1.165) is 6.20 Å². The van der Waals surface area contributed by atoms with Gasteiger partial charge in [0.1, 0.15) is 11.4 Å². The number of nitrogens with zero attached hydrogens (tertiary/aromatic N) is 2. The van der Waals surface area contributed by atoms with Gasteiger partial charge in [-0.05, 0) is 24.3 Å². The summed E-state index contributed by atoms with van der Waals surface area (Å²) in [6.45, 7) is 0. The predicted octanol–water partition coefficient (Wildman–Crippen LogP) is 2.06. The molecule has 0 bridgehead atoms. The number of aromatic carboxylic acids is 1. The number of pyridine rings is 1. The van der Waals surface area contributed by atoms with Gasteiger partial charge in [0, 0.05) is 13.2 Å². The van der Waals surface area contributed by atoms with Crippen LogP contribution in [0.15, 0.2) is 42.6 Å². The maximum atomic E-state index is 12.4. The number of ether oxygens (including phenoxy) is 1. The lowest BCUT2D eigenvalue weighted by Gasteiger charge is -2.19. The molecule has 1 aromatic heterocycles. The maximum Gasteiger partial charge on any atom is 0.337 e. The third-order valence-corrected chi connectivity index (χ3v) is 2.98. The molecule has 1 aromatic carbocycles. The Balaban J connectivity index is 2.28.